The van der Waals surface area contributed by atoms with Gasteiger partial charge in [-0.25, -0.2) is 4.39 Å². The summed E-state index contributed by atoms with van der Waals surface area (Å²) in [4.78, 5) is 17.4. The van der Waals surface area contributed by atoms with Crippen LogP contribution in [0.25, 0.3) is 0 Å². The largest absolute Gasteiger partial charge is 0.379 e. The van der Waals surface area contributed by atoms with Crippen LogP contribution in [0.5, 0.6) is 0 Å². The van der Waals surface area contributed by atoms with E-state index in [1.165, 1.54) is 12.1 Å². The van der Waals surface area contributed by atoms with E-state index in [2.05, 4.69) is 10.5 Å². The zero-order valence-electron chi connectivity index (χ0n) is 10.6. The van der Waals surface area contributed by atoms with Gasteiger partial charge in [-0.3, -0.25) is 4.79 Å². The second-order valence-electron chi connectivity index (χ2n) is 5.29. The maximum absolute atomic E-state index is 12.9. The fraction of sp³-hybridized carbons (Fsp3) is 0.429. The van der Waals surface area contributed by atoms with Crippen LogP contribution in [0.2, 0.25) is 0 Å². The van der Waals surface area contributed by atoms with Crippen molar-refractivity contribution >= 4 is 11.6 Å². The van der Waals surface area contributed by atoms with E-state index >= 15 is 0 Å². The molecule has 100 valence electrons. The van der Waals surface area contributed by atoms with Gasteiger partial charge in [0.05, 0.1) is 5.71 Å². The van der Waals surface area contributed by atoms with E-state index in [9.17, 15) is 9.18 Å². The summed E-state index contributed by atoms with van der Waals surface area (Å²) in [7, 11) is 0. The summed E-state index contributed by atoms with van der Waals surface area (Å²) in [6, 6.07) is 6.32. The minimum atomic E-state index is -0.952. The fourth-order valence-electron chi connectivity index (χ4n) is 2.02. The Hall–Kier alpha value is -1.91. The lowest BCUT2D eigenvalue weighted by Crippen LogP contribution is -2.45. The first kappa shape index (κ1) is 12.1. The van der Waals surface area contributed by atoms with Crippen LogP contribution in [0, 0.1) is 5.82 Å². The molecule has 1 fully saturated rings. The lowest BCUT2D eigenvalue weighted by molar-refractivity contribution is -0.141. The van der Waals surface area contributed by atoms with Crippen LogP contribution in [-0.4, -0.2) is 23.3 Å². The summed E-state index contributed by atoms with van der Waals surface area (Å²) in [5, 5.41) is 6.89. The molecule has 19 heavy (non-hydrogen) atoms. The van der Waals surface area contributed by atoms with Gasteiger partial charge in [-0.1, -0.05) is 17.3 Å². The molecule has 0 spiro atoms. The minimum Gasteiger partial charge on any atom is -0.379 e. The van der Waals surface area contributed by atoms with Crippen LogP contribution >= 0.6 is 0 Å². The smallest absolute Gasteiger partial charge is 0.267 e. The van der Waals surface area contributed by atoms with E-state index in [1.54, 1.807) is 19.1 Å². The normalized spacial score (nSPS) is 25.7. The molecule has 0 unspecified atom stereocenters. The molecule has 0 aromatic heterocycles. The summed E-state index contributed by atoms with van der Waals surface area (Å²) in [5.41, 5.74) is 0.504. The molecule has 1 aliphatic carbocycles. The molecule has 1 amide bonds. The highest BCUT2D eigenvalue weighted by Crippen LogP contribution is 2.28. The summed E-state index contributed by atoms with van der Waals surface area (Å²) < 4.78 is 12.9. The van der Waals surface area contributed by atoms with Gasteiger partial charge < -0.3 is 10.2 Å². The highest BCUT2D eigenvalue weighted by atomic mass is 19.1. The Balaban J connectivity index is 1.70. The number of nitrogens with one attached hydrogen (secondary N) is 1. The number of rotatable bonds is 3. The van der Waals surface area contributed by atoms with Crippen molar-refractivity contribution in [3.05, 3.63) is 35.6 Å². The number of carbonyl (C=O) groups excluding carboxylic acids is 1. The van der Waals surface area contributed by atoms with Crippen molar-refractivity contribution in [2.75, 3.05) is 0 Å². The van der Waals surface area contributed by atoms with Gasteiger partial charge in [0.1, 0.15) is 5.82 Å². The van der Waals surface area contributed by atoms with Crippen molar-refractivity contribution in [3.8, 4) is 0 Å². The molecule has 1 aromatic carbocycles. The Kier molecular flexibility index (Phi) is 2.77. The van der Waals surface area contributed by atoms with Crippen LogP contribution in [0.4, 0.5) is 4.39 Å². The molecule has 4 nitrogen and oxygen atoms in total. The maximum atomic E-state index is 12.9. The van der Waals surface area contributed by atoms with Crippen molar-refractivity contribution in [1.29, 1.82) is 0 Å². The Labute approximate surface area is 110 Å². The van der Waals surface area contributed by atoms with Gasteiger partial charge in [-0.15, -0.1) is 0 Å². The van der Waals surface area contributed by atoms with Crippen LogP contribution in [0.3, 0.4) is 0 Å². The van der Waals surface area contributed by atoms with E-state index in [0.29, 0.717) is 18.2 Å². The highest BCUT2D eigenvalue weighted by Gasteiger charge is 2.43. The third kappa shape index (κ3) is 2.45. The molecule has 1 aromatic rings. The number of hydrogen-bond donors (Lipinski definition) is 1. The Morgan fingerprint density at radius 3 is 2.74 bits per heavy atom. The van der Waals surface area contributed by atoms with E-state index in [-0.39, 0.29) is 11.7 Å². The molecule has 2 aliphatic rings. The number of carbonyl (C=O) groups is 1. The number of hydrogen-bond acceptors (Lipinski definition) is 3. The zero-order valence-corrected chi connectivity index (χ0v) is 10.6. The molecule has 1 saturated carbocycles. The fourth-order valence-corrected chi connectivity index (χ4v) is 2.02. The number of halogens is 1. The summed E-state index contributed by atoms with van der Waals surface area (Å²) >= 11 is 0. The molecule has 5 heteroatoms. The Bertz CT molecular complexity index is 537. The number of oxime groups is 1. The second-order valence-corrected chi connectivity index (χ2v) is 5.29. The van der Waals surface area contributed by atoms with Crippen molar-refractivity contribution in [3.63, 3.8) is 0 Å². The van der Waals surface area contributed by atoms with Gasteiger partial charge in [-0.2, -0.15) is 0 Å². The molecule has 1 aliphatic heterocycles. The van der Waals surface area contributed by atoms with Gasteiger partial charge >= 0.3 is 0 Å². The highest BCUT2D eigenvalue weighted by molar-refractivity contribution is 6.05. The molecule has 0 bridgehead atoms. The first-order valence-corrected chi connectivity index (χ1v) is 6.39. The molecule has 1 heterocycles. The van der Waals surface area contributed by atoms with Crippen LogP contribution < -0.4 is 5.32 Å². The first-order valence-electron chi connectivity index (χ1n) is 6.39. The summed E-state index contributed by atoms with van der Waals surface area (Å²) in [6.07, 6.45) is 2.47. The first-order chi connectivity index (χ1) is 9.07. The van der Waals surface area contributed by atoms with E-state index in [1.807, 2.05) is 0 Å². The third-order valence-electron chi connectivity index (χ3n) is 3.43. The van der Waals surface area contributed by atoms with Gasteiger partial charge in [0.15, 0.2) is 0 Å². The molecule has 0 saturated heterocycles. The lowest BCUT2D eigenvalue weighted by Gasteiger charge is -2.20. The third-order valence-corrected chi connectivity index (χ3v) is 3.43. The molecule has 3 rings (SSSR count). The van der Waals surface area contributed by atoms with E-state index in [4.69, 9.17) is 4.84 Å². The number of benzene rings is 1. The summed E-state index contributed by atoms with van der Waals surface area (Å²) in [6.45, 7) is 1.73. The van der Waals surface area contributed by atoms with Gasteiger partial charge in [-0.05, 0) is 37.5 Å². The van der Waals surface area contributed by atoms with Gasteiger partial charge in [0.2, 0.25) is 5.60 Å². The van der Waals surface area contributed by atoms with Gasteiger partial charge in [0, 0.05) is 12.5 Å². The van der Waals surface area contributed by atoms with Crippen molar-refractivity contribution < 1.29 is 14.0 Å². The maximum Gasteiger partial charge on any atom is 0.267 e. The molecular weight excluding hydrogens is 247 g/mol. The van der Waals surface area contributed by atoms with Crippen LogP contribution in [0.15, 0.2) is 29.4 Å². The van der Waals surface area contributed by atoms with E-state index < -0.39 is 5.60 Å². The Morgan fingerprint density at radius 2 is 2.11 bits per heavy atom. The topological polar surface area (TPSA) is 50.7 Å². The number of nitrogens with zero attached hydrogens (tertiary/aromatic N) is 1. The van der Waals surface area contributed by atoms with Gasteiger partial charge in [0.25, 0.3) is 5.91 Å². The monoisotopic (exact) mass is 262 g/mol. The molecule has 1 N–H and O–H groups in total. The van der Waals surface area contributed by atoms with Crippen molar-refractivity contribution in [2.24, 2.45) is 5.16 Å². The molecule has 1 atom stereocenters. The molecule has 0 radical (unpaired) electrons. The minimum absolute atomic E-state index is 0.129. The van der Waals surface area contributed by atoms with Crippen molar-refractivity contribution in [2.45, 2.75) is 37.8 Å². The van der Waals surface area contributed by atoms with Crippen molar-refractivity contribution in [1.82, 2.24) is 5.32 Å². The van der Waals surface area contributed by atoms with E-state index in [0.717, 1.165) is 18.4 Å². The van der Waals surface area contributed by atoms with Crippen LogP contribution in [0.1, 0.15) is 31.7 Å². The Morgan fingerprint density at radius 1 is 1.42 bits per heavy atom. The predicted octanol–water partition coefficient (Wildman–Crippen LogP) is 1.99. The average molecular weight is 262 g/mol. The average Bonchev–Trinajstić information content (AvgIpc) is 3.11. The predicted molar refractivity (Wildman–Crippen MR) is 68.2 cm³/mol. The lowest BCUT2D eigenvalue weighted by atomic mass is 9.95. The molecular formula is C14H15FN2O2. The standard InChI is InChI=1S/C14H15FN2O2/c1-14(13(18)16-11-6-7-11)8-12(17-19-14)9-2-4-10(15)5-3-9/h2-5,11H,6-8H2,1H3,(H,16,18)/t14-/m0/s1. The zero-order chi connectivity index (χ0) is 13.5. The SMILES string of the molecule is C[C@@]1(C(=O)NC2CC2)CC(c2ccc(F)cc2)=NO1. The summed E-state index contributed by atoms with van der Waals surface area (Å²) in [5.74, 6) is -0.423. The second kappa shape index (κ2) is 4.33. The quantitative estimate of drug-likeness (QED) is 0.905. The number of amides is 1. The van der Waals surface area contributed by atoms with Crippen LogP contribution in [-0.2, 0) is 9.63 Å².